The molecule has 3 heteroatoms. The molecule has 0 aromatic rings. The minimum Gasteiger partial charge on any atom is -0.501 e. The molecule has 0 amide bonds. The molecule has 3 nitrogen and oxygen atoms in total. The molecule has 2 fully saturated rings. The summed E-state index contributed by atoms with van der Waals surface area (Å²) in [4.78, 5) is 11.6. The van der Waals surface area contributed by atoms with Gasteiger partial charge in [0.2, 0.25) is 0 Å². The van der Waals surface area contributed by atoms with Crippen LogP contribution in [0.15, 0.2) is 23.5 Å². The number of methoxy groups -OCH3 is 1. The molecule has 4 aliphatic rings. The van der Waals surface area contributed by atoms with Crippen molar-refractivity contribution in [2.75, 3.05) is 7.11 Å². The van der Waals surface area contributed by atoms with Gasteiger partial charge in [0.1, 0.15) is 6.29 Å². The summed E-state index contributed by atoms with van der Waals surface area (Å²) in [5, 5.41) is 11.9. The molecule has 1 unspecified atom stereocenters. The summed E-state index contributed by atoms with van der Waals surface area (Å²) in [5.41, 5.74) is 0.522. The maximum atomic E-state index is 11.9. The molecule has 0 heterocycles. The second-order valence-corrected chi connectivity index (χ2v) is 9.01. The van der Waals surface area contributed by atoms with Crippen molar-refractivity contribution in [3.05, 3.63) is 23.5 Å². The number of carbonyl (C=O) groups is 1. The molecule has 2 saturated carbocycles. The number of carbonyl (C=O) groups excluding carboxylic acids is 1. The Hall–Kier alpha value is -1.09. The summed E-state index contributed by atoms with van der Waals surface area (Å²) in [6, 6.07) is 0. The topological polar surface area (TPSA) is 46.5 Å². The Morgan fingerprint density at radius 3 is 2.71 bits per heavy atom. The lowest BCUT2D eigenvalue weighted by Crippen LogP contribution is -2.62. The zero-order chi connectivity index (χ0) is 17.2. The van der Waals surface area contributed by atoms with E-state index in [4.69, 9.17) is 4.74 Å². The highest BCUT2D eigenvalue weighted by atomic mass is 16.5. The quantitative estimate of drug-likeness (QED) is 0.778. The molecule has 0 aliphatic heterocycles. The third-order valence-corrected chi connectivity index (χ3v) is 8.43. The zero-order valence-electron chi connectivity index (χ0n) is 15.2. The fourth-order valence-electron chi connectivity index (χ4n) is 6.66. The van der Waals surface area contributed by atoms with Crippen LogP contribution >= 0.6 is 0 Å². The standard InChI is InChI=1S/C21H30O3/c1-19-10-11-21(23)18(17(19)6-5-15(19)13-22)7-4-14-12-16(24-3)8-9-20(14,21)2/h4,12-13,15,17-18,23H,5-11H2,1-3H3/t15?,17-,18-,19+,20-,21+/m0/s1. The normalized spacial score (nSPS) is 50.1. The largest absolute Gasteiger partial charge is 0.501 e. The van der Waals surface area contributed by atoms with Gasteiger partial charge in [0.05, 0.1) is 18.5 Å². The highest BCUT2D eigenvalue weighted by molar-refractivity contribution is 5.56. The van der Waals surface area contributed by atoms with Crippen LogP contribution in [0, 0.1) is 28.6 Å². The average molecular weight is 330 g/mol. The lowest BCUT2D eigenvalue weighted by Gasteiger charge is -2.61. The van der Waals surface area contributed by atoms with Crippen LogP contribution in [0.2, 0.25) is 0 Å². The van der Waals surface area contributed by atoms with E-state index in [2.05, 4.69) is 26.0 Å². The molecule has 0 aromatic carbocycles. The van der Waals surface area contributed by atoms with E-state index in [-0.39, 0.29) is 22.7 Å². The number of fused-ring (bicyclic) bond motifs is 5. The second kappa shape index (κ2) is 5.20. The van der Waals surface area contributed by atoms with Crippen LogP contribution in [-0.2, 0) is 9.53 Å². The van der Waals surface area contributed by atoms with Gasteiger partial charge in [-0.3, -0.25) is 0 Å². The highest BCUT2D eigenvalue weighted by Gasteiger charge is 2.64. The number of rotatable bonds is 2. The van der Waals surface area contributed by atoms with Gasteiger partial charge in [0.15, 0.2) is 0 Å². The predicted octanol–water partition coefficient (Wildman–Crippen LogP) is 4.02. The molecular weight excluding hydrogens is 300 g/mol. The van der Waals surface area contributed by atoms with Crippen LogP contribution in [0.4, 0.5) is 0 Å². The van der Waals surface area contributed by atoms with Gasteiger partial charge in [-0.15, -0.1) is 0 Å². The number of hydrogen-bond acceptors (Lipinski definition) is 3. The van der Waals surface area contributed by atoms with E-state index >= 15 is 0 Å². The van der Waals surface area contributed by atoms with Crippen molar-refractivity contribution in [1.82, 2.24) is 0 Å². The van der Waals surface area contributed by atoms with Crippen LogP contribution in [0.5, 0.6) is 0 Å². The first-order valence-electron chi connectivity index (χ1n) is 9.52. The smallest absolute Gasteiger partial charge is 0.123 e. The number of hydrogen-bond donors (Lipinski definition) is 1. The average Bonchev–Trinajstić information content (AvgIpc) is 2.91. The first-order valence-corrected chi connectivity index (χ1v) is 9.52. The summed E-state index contributed by atoms with van der Waals surface area (Å²) in [6.45, 7) is 4.55. The summed E-state index contributed by atoms with van der Waals surface area (Å²) >= 11 is 0. The minimum atomic E-state index is -0.644. The third-order valence-electron chi connectivity index (χ3n) is 8.43. The Morgan fingerprint density at radius 1 is 1.21 bits per heavy atom. The molecule has 4 aliphatic carbocycles. The van der Waals surface area contributed by atoms with Gasteiger partial charge in [-0.05, 0) is 67.4 Å². The van der Waals surface area contributed by atoms with E-state index in [1.165, 1.54) is 11.9 Å². The Kier molecular flexibility index (Phi) is 3.55. The number of aldehydes is 1. The van der Waals surface area contributed by atoms with Crippen molar-refractivity contribution in [2.24, 2.45) is 28.6 Å². The van der Waals surface area contributed by atoms with Crippen LogP contribution < -0.4 is 0 Å². The number of aliphatic hydroxyl groups is 1. The highest BCUT2D eigenvalue weighted by Crippen LogP contribution is 2.67. The maximum absolute atomic E-state index is 11.9. The molecule has 1 N–H and O–H groups in total. The van der Waals surface area contributed by atoms with Gasteiger partial charge in [-0.25, -0.2) is 0 Å². The van der Waals surface area contributed by atoms with Gasteiger partial charge in [-0.1, -0.05) is 19.9 Å². The van der Waals surface area contributed by atoms with Gasteiger partial charge in [0, 0.05) is 17.8 Å². The molecule has 6 atom stereocenters. The molecular formula is C21H30O3. The van der Waals surface area contributed by atoms with Gasteiger partial charge < -0.3 is 14.6 Å². The van der Waals surface area contributed by atoms with E-state index < -0.39 is 5.60 Å². The monoisotopic (exact) mass is 330 g/mol. The second-order valence-electron chi connectivity index (χ2n) is 9.01. The van der Waals surface area contributed by atoms with Gasteiger partial charge in [0.25, 0.3) is 0 Å². The van der Waals surface area contributed by atoms with Crippen molar-refractivity contribution in [2.45, 2.75) is 64.4 Å². The summed E-state index contributed by atoms with van der Waals surface area (Å²) in [5.74, 6) is 1.96. The third kappa shape index (κ3) is 1.85. The molecule has 0 radical (unpaired) electrons. The van der Waals surface area contributed by atoms with E-state index in [1.54, 1.807) is 7.11 Å². The molecule has 132 valence electrons. The Balaban J connectivity index is 1.75. The van der Waals surface area contributed by atoms with Crippen molar-refractivity contribution in [1.29, 1.82) is 0 Å². The van der Waals surface area contributed by atoms with Gasteiger partial charge >= 0.3 is 0 Å². The Morgan fingerprint density at radius 2 is 2.00 bits per heavy atom. The van der Waals surface area contributed by atoms with Crippen LogP contribution in [0.1, 0.15) is 58.8 Å². The summed E-state index contributed by atoms with van der Waals surface area (Å²) < 4.78 is 5.47. The summed E-state index contributed by atoms with van der Waals surface area (Å²) in [6.07, 6.45) is 12.3. The van der Waals surface area contributed by atoms with E-state index in [0.717, 1.165) is 50.7 Å². The predicted molar refractivity (Wildman–Crippen MR) is 93.2 cm³/mol. The van der Waals surface area contributed by atoms with Crippen molar-refractivity contribution >= 4 is 6.29 Å². The number of allylic oxidation sites excluding steroid dienone is 3. The SMILES string of the molecule is COC1=CC2=CC[C@H]3[C@@H]4CCC(C=O)[C@@]4(C)CC[C@]3(O)[C@@]2(C)CC1. The molecule has 24 heavy (non-hydrogen) atoms. The molecule has 0 spiro atoms. The van der Waals surface area contributed by atoms with Crippen LogP contribution in [0.3, 0.4) is 0 Å². The van der Waals surface area contributed by atoms with Crippen LogP contribution in [-0.4, -0.2) is 24.1 Å². The molecule has 0 bridgehead atoms. The van der Waals surface area contributed by atoms with Crippen molar-refractivity contribution < 1.29 is 14.6 Å². The van der Waals surface area contributed by atoms with E-state index in [9.17, 15) is 9.90 Å². The maximum Gasteiger partial charge on any atom is 0.123 e. The molecule has 0 aromatic heterocycles. The lowest BCUT2D eigenvalue weighted by atomic mass is 9.45. The Labute approximate surface area is 145 Å². The first-order chi connectivity index (χ1) is 11.4. The number of ether oxygens (including phenoxy) is 1. The van der Waals surface area contributed by atoms with Crippen molar-refractivity contribution in [3.63, 3.8) is 0 Å². The Bertz CT molecular complexity index is 621. The van der Waals surface area contributed by atoms with E-state index in [0.29, 0.717) is 5.92 Å². The fourth-order valence-corrected chi connectivity index (χ4v) is 6.66. The van der Waals surface area contributed by atoms with Gasteiger partial charge in [-0.2, -0.15) is 0 Å². The van der Waals surface area contributed by atoms with E-state index in [1.807, 2.05) is 0 Å². The lowest BCUT2D eigenvalue weighted by molar-refractivity contribution is -0.181. The minimum absolute atomic E-state index is 0.0859. The molecule has 4 rings (SSSR count). The van der Waals surface area contributed by atoms with Crippen molar-refractivity contribution in [3.8, 4) is 0 Å². The molecule has 0 saturated heterocycles. The zero-order valence-corrected chi connectivity index (χ0v) is 15.2. The fraction of sp³-hybridized carbons (Fsp3) is 0.762. The summed E-state index contributed by atoms with van der Waals surface area (Å²) in [7, 11) is 1.74. The first kappa shape index (κ1) is 16.4. The van der Waals surface area contributed by atoms with Crippen LogP contribution in [0.25, 0.3) is 0 Å².